The minimum Gasteiger partial charge on any atom is -0.456 e. The van der Waals surface area contributed by atoms with Crippen molar-refractivity contribution in [3.8, 4) is 45.3 Å². The molecule has 4 nitrogen and oxygen atoms in total. The summed E-state index contributed by atoms with van der Waals surface area (Å²) in [6.45, 7) is 0. The maximum absolute atomic E-state index is 6.21. The van der Waals surface area contributed by atoms with Crippen LogP contribution in [0.2, 0.25) is 0 Å². The van der Waals surface area contributed by atoms with E-state index >= 15 is 0 Å². The molecule has 0 amide bonds. The number of allylic oxidation sites excluding steroid dienone is 1. The third kappa shape index (κ3) is 4.94. The zero-order valence-corrected chi connectivity index (χ0v) is 31.0. The molecule has 3 aromatic heterocycles. The number of benzene rings is 8. The number of hydrogen-bond acceptors (Lipinski definition) is 5. The van der Waals surface area contributed by atoms with Crippen LogP contribution in [-0.2, 0) is 6.42 Å². The Hall–Kier alpha value is -6.95. The molecule has 0 unspecified atom stereocenters. The van der Waals surface area contributed by atoms with E-state index in [1.54, 1.807) is 11.3 Å². The van der Waals surface area contributed by atoms with Gasteiger partial charge in [-0.3, -0.25) is 0 Å². The first-order chi connectivity index (χ1) is 27.7. The van der Waals surface area contributed by atoms with Crippen LogP contribution in [0.1, 0.15) is 17.5 Å². The van der Waals surface area contributed by atoms with Crippen LogP contribution in [0.25, 0.3) is 115 Å². The van der Waals surface area contributed by atoms with E-state index < -0.39 is 0 Å². The zero-order chi connectivity index (χ0) is 36.7. The van der Waals surface area contributed by atoms with Gasteiger partial charge >= 0.3 is 0 Å². The quantitative estimate of drug-likeness (QED) is 0.181. The smallest absolute Gasteiger partial charge is 0.165 e. The number of para-hydroxylation sites is 1. The Morgan fingerprint density at radius 1 is 0.482 bits per heavy atom. The third-order valence-corrected chi connectivity index (χ3v) is 12.6. The Balaban J connectivity index is 1.02. The van der Waals surface area contributed by atoms with Gasteiger partial charge in [-0.2, -0.15) is 0 Å². The molecule has 0 atom stereocenters. The minimum absolute atomic E-state index is 0.650. The van der Waals surface area contributed by atoms with Crippen LogP contribution >= 0.6 is 11.3 Å². The summed E-state index contributed by atoms with van der Waals surface area (Å²) < 4.78 is 8.64. The molecule has 0 aliphatic heterocycles. The van der Waals surface area contributed by atoms with Crippen LogP contribution in [-0.4, -0.2) is 15.0 Å². The summed E-state index contributed by atoms with van der Waals surface area (Å²) in [5, 5.41) is 9.45. The first-order valence-corrected chi connectivity index (χ1v) is 19.9. The lowest BCUT2D eigenvalue weighted by molar-refractivity contribution is 0.669. The predicted molar refractivity (Wildman–Crippen MR) is 234 cm³/mol. The van der Waals surface area contributed by atoms with Crippen molar-refractivity contribution >= 4 is 81.1 Å². The Bertz CT molecular complexity index is 3440. The van der Waals surface area contributed by atoms with Gasteiger partial charge in [-0.1, -0.05) is 121 Å². The van der Waals surface area contributed by atoms with E-state index in [4.69, 9.17) is 19.4 Å². The number of aryl methyl sites for hydroxylation is 1. The topological polar surface area (TPSA) is 51.8 Å². The van der Waals surface area contributed by atoms with Crippen LogP contribution in [0.3, 0.4) is 0 Å². The van der Waals surface area contributed by atoms with Crippen molar-refractivity contribution in [1.29, 1.82) is 0 Å². The molecular weight excluding hydrogens is 703 g/mol. The van der Waals surface area contributed by atoms with Crippen LogP contribution in [0.4, 0.5) is 0 Å². The molecule has 0 N–H and O–H groups in total. The molecular formula is C51H31N3OS. The van der Waals surface area contributed by atoms with Gasteiger partial charge in [-0.25, -0.2) is 15.0 Å². The highest BCUT2D eigenvalue weighted by atomic mass is 32.1. The summed E-state index contributed by atoms with van der Waals surface area (Å²) in [6.07, 6.45) is 6.72. The van der Waals surface area contributed by atoms with Gasteiger partial charge < -0.3 is 4.42 Å². The monoisotopic (exact) mass is 733 g/mol. The zero-order valence-electron chi connectivity index (χ0n) is 30.2. The fourth-order valence-corrected chi connectivity index (χ4v) is 9.85. The Labute approximate surface area is 326 Å². The van der Waals surface area contributed by atoms with Gasteiger partial charge in [0.15, 0.2) is 17.5 Å². The van der Waals surface area contributed by atoms with Gasteiger partial charge in [0.05, 0.1) is 0 Å². The van der Waals surface area contributed by atoms with E-state index in [0.717, 1.165) is 73.4 Å². The highest BCUT2D eigenvalue weighted by Crippen LogP contribution is 2.41. The van der Waals surface area contributed by atoms with Crippen molar-refractivity contribution in [3.05, 3.63) is 169 Å². The van der Waals surface area contributed by atoms with Gasteiger partial charge in [0.1, 0.15) is 11.2 Å². The van der Waals surface area contributed by atoms with Crippen molar-refractivity contribution < 1.29 is 4.42 Å². The van der Waals surface area contributed by atoms with E-state index in [1.807, 2.05) is 18.2 Å². The molecule has 262 valence electrons. The van der Waals surface area contributed by atoms with Crippen molar-refractivity contribution in [2.75, 3.05) is 0 Å². The van der Waals surface area contributed by atoms with E-state index in [9.17, 15) is 0 Å². The van der Waals surface area contributed by atoms with Crippen molar-refractivity contribution in [1.82, 2.24) is 15.0 Å². The number of aromatic nitrogens is 3. The third-order valence-electron chi connectivity index (χ3n) is 11.4. The summed E-state index contributed by atoms with van der Waals surface area (Å²) in [6, 6.07) is 54.0. The molecule has 0 bridgehead atoms. The van der Waals surface area contributed by atoms with Crippen molar-refractivity contribution in [2.24, 2.45) is 0 Å². The number of rotatable bonds is 4. The van der Waals surface area contributed by atoms with Gasteiger partial charge in [0.2, 0.25) is 0 Å². The van der Waals surface area contributed by atoms with Gasteiger partial charge in [-0.15, -0.1) is 11.3 Å². The van der Waals surface area contributed by atoms with E-state index in [0.29, 0.717) is 17.5 Å². The van der Waals surface area contributed by atoms with Crippen LogP contribution < -0.4 is 0 Å². The van der Waals surface area contributed by atoms with E-state index in [-0.39, 0.29) is 0 Å². The second-order valence-electron chi connectivity index (χ2n) is 14.7. The summed E-state index contributed by atoms with van der Waals surface area (Å²) in [5.74, 6) is 1.98. The first-order valence-electron chi connectivity index (χ1n) is 19.1. The Kier molecular flexibility index (Phi) is 6.89. The fourth-order valence-electron chi connectivity index (χ4n) is 8.64. The van der Waals surface area contributed by atoms with Gasteiger partial charge in [0, 0.05) is 47.6 Å². The van der Waals surface area contributed by atoms with Crippen LogP contribution in [0.5, 0.6) is 0 Å². The first kappa shape index (κ1) is 31.4. The SMILES string of the molecule is C1=Cc2c(ccc3cc(-c4nc(-c5ccc6cc(-c7cccc8oc9ccccc9c78)ccc6c5)nc(-c5cccc6c5sc5ccccc56)n4)ccc23)CC1. The molecule has 0 saturated heterocycles. The largest absolute Gasteiger partial charge is 0.456 e. The Morgan fingerprint density at radius 3 is 2.04 bits per heavy atom. The van der Waals surface area contributed by atoms with Crippen molar-refractivity contribution in [3.63, 3.8) is 0 Å². The number of nitrogens with zero attached hydrogens (tertiary/aromatic N) is 3. The Morgan fingerprint density at radius 2 is 1.14 bits per heavy atom. The van der Waals surface area contributed by atoms with Crippen LogP contribution in [0, 0.1) is 0 Å². The summed E-state index contributed by atoms with van der Waals surface area (Å²) in [7, 11) is 0. The van der Waals surface area contributed by atoms with Crippen molar-refractivity contribution in [2.45, 2.75) is 12.8 Å². The molecule has 5 heteroatoms. The molecule has 8 aromatic carbocycles. The molecule has 1 aliphatic rings. The molecule has 0 radical (unpaired) electrons. The second-order valence-corrected chi connectivity index (χ2v) is 15.7. The lowest BCUT2D eigenvalue weighted by atomic mass is 9.91. The maximum Gasteiger partial charge on any atom is 0.165 e. The number of thiophene rings is 1. The lowest BCUT2D eigenvalue weighted by Gasteiger charge is -2.14. The van der Waals surface area contributed by atoms with E-state index in [2.05, 4.69) is 146 Å². The molecule has 56 heavy (non-hydrogen) atoms. The highest BCUT2D eigenvalue weighted by Gasteiger charge is 2.19. The molecule has 0 fully saturated rings. The molecule has 3 heterocycles. The molecule has 1 aliphatic carbocycles. The second kappa shape index (κ2) is 12.3. The molecule has 11 aromatic rings. The summed E-state index contributed by atoms with van der Waals surface area (Å²) in [5.41, 5.74) is 9.77. The number of hydrogen-bond donors (Lipinski definition) is 0. The average Bonchev–Trinajstić information content (AvgIpc) is 3.84. The normalized spacial score (nSPS) is 12.8. The fraction of sp³-hybridized carbons (Fsp3) is 0.0392. The minimum atomic E-state index is 0.650. The van der Waals surface area contributed by atoms with Gasteiger partial charge in [0.25, 0.3) is 0 Å². The number of fused-ring (bicyclic) bond motifs is 10. The van der Waals surface area contributed by atoms with E-state index in [1.165, 1.54) is 42.1 Å². The maximum atomic E-state index is 6.21. The summed E-state index contributed by atoms with van der Waals surface area (Å²) >= 11 is 1.79. The molecule has 12 rings (SSSR count). The predicted octanol–water partition coefficient (Wildman–Crippen LogP) is 14.1. The summed E-state index contributed by atoms with van der Waals surface area (Å²) in [4.78, 5) is 15.7. The molecule has 0 saturated carbocycles. The highest BCUT2D eigenvalue weighted by molar-refractivity contribution is 7.26. The standard InChI is InChI=1S/C51H31N3OS/c1-2-10-37-30(9-1)19-22-33-29-36(25-26-38(33)37)50-52-49(53-51(54-50)43-15-7-14-41-40-11-4-6-18-46(40)56-48(41)43)35-24-21-31-27-34(23-20-32(31)28-35)39-13-8-17-45-47(39)42-12-3-5-16-44(42)55-45/h2-8,10-29H,1,9H2. The lowest BCUT2D eigenvalue weighted by Crippen LogP contribution is -2.01. The van der Waals surface area contributed by atoms with Crippen LogP contribution in [0.15, 0.2) is 162 Å². The number of furan rings is 1. The molecule has 0 spiro atoms. The van der Waals surface area contributed by atoms with Gasteiger partial charge in [-0.05, 0) is 99.1 Å². The average molecular weight is 734 g/mol.